The zero-order valence-corrected chi connectivity index (χ0v) is 21.0. The fourth-order valence-corrected chi connectivity index (χ4v) is 4.08. The summed E-state index contributed by atoms with van der Waals surface area (Å²) in [5, 5.41) is 0. The monoisotopic (exact) mass is 482 g/mol. The lowest BCUT2D eigenvalue weighted by molar-refractivity contribution is -0.137. The molecule has 0 fully saturated rings. The first-order chi connectivity index (χ1) is 16.3. The van der Waals surface area contributed by atoms with E-state index < -0.39 is 11.7 Å². The lowest BCUT2D eigenvalue weighted by Gasteiger charge is -2.25. The summed E-state index contributed by atoms with van der Waals surface area (Å²) in [6.07, 6.45) is -4.12. The molecule has 3 aromatic rings. The lowest BCUT2D eigenvalue weighted by atomic mass is 9.87. The Kier molecular flexibility index (Phi) is 7.63. The van der Waals surface area contributed by atoms with Gasteiger partial charge in [-0.25, -0.2) is 0 Å². The van der Waals surface area contributed by atoms with Gasteiger partial charge in [-0.2, -0.15) is 13.2 Å². The fourth-order valence-electron chi connectivity index (χ4n) is 4.08. The van der Waals surface area contributed by atoms with Gasteiger partial charge in [0, 0.05) is 18.8 Å². The van der Waals surface area contributed by atoms with E-state index in [0.29, 0.717) is 29.8 Å². The second kappa shape index (κ2) is 10.1. The Morgan fingerprint density at radius 1 is 0.886 bits per heavy atom. The molecule has 3 nitrogen and oxygen atoms in total. The Labute approximate surface area is 205 Å². The van der Waals surface area contributed by atoms with Crippen LogP contribution in [0.15, 0.2) is 60.7 Å². The molecule has 0 bridgehead atoms. The Bertz CT molecular complexity index is 1190. The highest BCUT2D eigenvalue weighted by molar-refractivity contribution is 6.00. The van der Waals surface area contributed by atoms with Gasteiger partial charge >= 0.3 is 6.18 Å². The van der Waals surface area contributed by atoms with Crippen molar-refractivity contribution in [3.05, 3.63) is 99.6 Å². The molecular formula is C29H33F3N2O. The van der Waals surface area contributed by atoms with E-state index in [1.165, 1.54) is 11.6 Å². The number of nitrogen functional groups attached to an aromatic ring is 1. The number of amides is 1. The standard InChI is InChI=1S/C29H33F3N2O/c1-19-15-20(2)26(33)25(16-19)27(35)34(18-22-9-11-23(12-10-22)28(3,4)5)14-13-21-7-6-8-24(17-21)29(30,31)32/h6-12,15-17H,13-14,18,33H2,1-5H3. The number of aryl methyl sites for hydroxylation is 2. The first kappa shape index (κ1) is 26.3. The third-order valence-corrected chi connectivity index (χ3v) is 6.17. The summed E-state index contributed by atoms with van der Waals surface area (Å²) < 4.78 is 39.5. The molecule has 2 N–H and O–H groups in total. The van der Waals surface area contributed by atoms with Crippen molar-refractivity contribution < 1.29 is 18.0 Å². The summed E-state index contributed by atoms with van der Waals surface area (Å²) in [6, 6.07) is 17.0. The SMILES string of the molecule is Cc1cc(C)c(N)c(C(=O)N(CCc2cccc(C(F)(F)F)c2)Cc2ccc(C(C)(C)C)cc2)c1. The van der Waals surface area contributed by atoms with Gasteiger partial charge in [0.1, 0.15) is 0 Å². The molecule has 0 aliphatic heterocycles. The summed E-state index contributed by atoms with van der Waals surface area (Å²) in [5.41, 5.74) is 10.8. The van der Waals surface area contributed by atoms with Crippen LogP contribution >= 0.6 is 0 Å². The number of carbonyl (C=O) groups excluding carboxylic acids is 1. The minimum Gasteiger partial charge on any atom is -0.398 e. The molecule has 0 aliphatic rings. The zero-order valence-electron chi connectivity index (χ0n) is 21.0. The third-order valence-electron chi connectivity index (χ3n) is 6.17. The highest BCUT2D eigenvalue weighted by Crippen LogP contribution is 2.30. The van der Waals surface area contributed by atoms with Crippen LogP contribution in [0.5, 0.6) is 0 Å². The number of hydrogen-bond donors (Lipinski definition) is 1. The average molecular weight is 483 g/mol. The van der Waals surface area contributed by atoms with Gasteiger partial charge < -0.3 is 10.6 Å². The fraction of sp³-hybridized carbons (Fsp3) is 0.345. The maximum atomic E-state index is 13.6. The van der Waals surface area contributed by atoms with Crippen LogP contribution in [0.3, 0.4) is 0 Å². The smallest absolute Gasteiger partial charge is 0.398 e. The quantitative estimate of drug-likeness (QED) is 0.381. The second-order valence-electron chi connectivity index (χ2n) is 10.2. The Morgan fingerprint density at radius 3 is 2.14 bits per heavy atom. The van der Waals surface area contributed by atoms with Crippen LogP contribution in [0.4, 0.5) is 18.9 Å². The van der Waals surface area contributed by atoms with Gasteiger partial charge in [-0.1, -0.05) is 69.3 Å². The molecule has 1 amide bonds. The zero-order chi connectivity index (χ0) is 26.0. The van der Waals surface area contributed by atoms with Crippen LogP contribution in [0, 0.1) is 13.8 Å². The van der Waals surface area contributed by atoms with E-state index in [1.807, 2.05) is 32.0 Å². The van der Waals surface area contributed by atoms with Crippen molar-refractivity contribution in [3.63, 3.8) is 0 Å². The molecule has 0 saturated carbocycles. The van der Waals surface area contributed by atoms with Crippen molar-refractivity contribution in [3.8, 4) is 0 Å². The molecule has 0 saturated heterocycles. The summed E-state index contributed by atoms with van der Waals surface area (Å²) in [6.45, 7) is 10.8. The molecule has 0 spiro atoms. The van der Waals surface area contributed by atoms with Gasteiger partial charge in [0.05, 0.1) is 11.1 Å². The Morgan fingerprint density at radius 2 is 1.54 bits per heavy atom. The van der Waals surface area contributed by atoms with E-state index in [-0.39, 0.29) is 17.9 Å². The van der Waals surface area contributed by atoms with Crippen molar-refractivity contribution in [1.29, 1.82) is 0 Å². The maximum absolute atomic E-state index is 13.6. The number of alkyl halides is 3. The summed E-state index contributed by atoms with van der Waals surface area (Å²) in [4.78, 5) is 15.3. The average Bonchev–Trinajstić information content (AvgIpc) is 2.78. The van der Waals surface area contributed by atoms with Crippen LogP contribution in [-0.4, -0.2) is 17.4 Å². The molecule has 0 atom stereocenters. The van der Waals surface area contributed by atoms with Crippen LogP contribution in [0.1, 0.15) is 64.5 Å². The molecule has 0 aliphatic carbocycles. The van der Waals surface area contributed by atoms with Gasteiger partial charge in [-0.3, -0.25) is 4.79 Å². The van der Waals surface area contributed by atoms with Crippen molar-refractivity contribution in [2.75, 3.05) is 12.3 Å². The second-order valence-corrected chi connectivity index (χ2v) is 10.2. The number of rotatable bonds is 6. The first-order valence-corrected chi connectivity index (χ1v) is 11.7. The van der Waals surface area contributed by atoms with E-state index in [9.17, 15) is 18.0 Å². The largest absolute Gasteiger partial charge is 0.416 e. The number of halogens is 3. The third kappa shape index (κ3) is 6.65. The molecule has 0 heterocycles. The van der Waals surface area contributed by atoms with Crippen molar-refractivity contribution in [1.82, 2.24) is 4.90 Å². The highest BCUT2D eigenvalue weighted by Gasteiger charge is 2.30. The van der Waals surface area contributed by atoms with E-state index >= 15 is 0 Å². The van der Waals surface area contributed by atoms with Gasteiger partial charge in [-0.15, -0.1) is 0 Å². The van der Waals surface area contributed by atoms with Crippen LogP contribution in [0.2, 0.25) is 0 Å². The number of hydrogen-bond acceptors (Lipinski definition) is 2. The molecule has 0 aromatic heterocycles. The van der Waals surface area contributed by atoms with Gasteiger partial charge in [0.2, 0.25) is 0 Å². The van der Waals surface area contributed by atoms with Crippen molar-refractivity contribution in [2.24, 2.45) is 0 Å². The normalized spacial score (nSPS) is 12.0. The van der Waals surface area contributed by atoms with Crippen LogP contribution in [0.25, 0.3) is 0 Å². The van der Waals surface area contributed by atoms with Crippen molar-refractivity contribution in [2.45, 2.75) is 59.2 Å². The van der Waals surface area contributed by atoms with Crippen LogP contribution in [-0.2, 0) is 24.6 Å². The summed E-state index contributed by atoms with van der Waals surface area (Å²) >= 11 is 0. The van der Waals surface area contributed by atoms with Gasteiger partial charge in [0.15, 0.2) is 0 Å². The molecule has 35 heavy (non-hydrogen) atoms. The number of anilines is 1. The molecule has 0 radical (unpaired) electrons. The van der Waals surface area contributed by atoms with Crippen LogP contribution < -0.4 is 5.73 Å². The maximum Gasteiger partial charge on any atom is 0.416 e. The minimum absolute atomic E-state index is 0.00504. The van der Waals surface area contributed by atoms with E-state index in [4.69, 9.17) is 5.73 Å². The topological polar surface area (TPSA) is 46.3 Å². The molecule has 3 rings (SSSR count). The molecule has 186 valence electrons. The molecule has 6 heteroatoms. The number of nitrogens with two attached hydrogens (primary N) is 1. The van der Waals surface area contributed by atoms with Gasteiger partial charge in [0.25, 0.3) is 5.91 Å². The minimum atomic E-state index is -4.41. The number of nitrogens with zero attached hydrogens (tertiary/aromatic N) is 1. The lowest BCUT2D eigenvalue weighted by Crippen LogP contribution is -2.33. The Hall–Kier alpha value is -3.28. The first-order valence-electron chi connectivity index (χ1n) is 11.7. The summed E-state index contributed by atoms with van der Waals surface area (Å²) in [5.74, 6) is -0.235. The van der Waals surface area contributed by atoms with E-state index in [1.54, 1.807) is 17.0 Å². The van der Waals surface area contributed by atoms with E-state index in [0.717, 1.165) is 28.8 Å². The van der Waals surface area contributed by atoms with Crippen molar-refractivity contribution >= 4 is 11.6 Å². The predicted molar refractivity (Wildman–Crippen MR) is 135 cm³/mol. The predicted octanol–water partition coefficient (Wildman–Crippen LogP) is 7.09. The Balaban J connectivity index is 1.90. The van der Waals surface area contributed by atoms with E-state index in [2.05, 4.69) is 32.9 Å². The highest BCUT2D eigenvalue weighted by atomic mass is 19.4. The number of benzene rings is 3. The number of carbonyl (C=O) groups is 1. The molecular weight excluding hydrogens is 449 g/mol. The summed E-state index contributed by atoms with van der Waals surface area (Å²) in [7, 11) is 0. The molecule has 3 aromatic carbocycles. The molecule has 0 unspecified atom stereocenters. The van der Waals surface area contributed by atoms with Gasteiger partial charge in [-0.05, 0) is 65.6 Å².